The molecule has 0 N–H and O–H groups in total. The Morgan fingerprint density at radius 3 is 1.67 bits per heavy atom. The van der Waals surface area contributed by atoms with Crippen LogP contribution in [0.15, 0.2) is 36.4 Å². The van der Waals surface area contributed by atoms with E-state index in [4.69, 9.17) is 9.47 Å². The molecule has 0 amide bonds. The summed E-state index contributed by atoms with van der Waals surface area (Å²) in [6.07, 6.45) is 2.67. The van der Waals surface area contributed by atoms with Crippen molar-refractivity contribution < 1.29 is 23.3 Å². The molecular weight excluding hydrogens is 328 g/mol. The molecule has 1 aromatic carbocycles. The van der Waals surface area contributed by atoms with Crippen LogP contribution in [0.25, 0.3) is 0 Å². The first-order valence-electron chi connectivity index (χ1n) is 8.00. The van der Waals surface area contributed by atoms with Gasteiger partial charge in [-0.15, -0.1) is 0 Å². The van der Waals surface area contributed by atoms with Crippen LogP contribution >= 0.6 is 0 Å². The van der Waals surface area contributed by atoms with Crippen LogP contribution in [0.3, 0.4) is 0 Å². The Balaban J connectivity index is 1.80. The van der Waals surface area contributed by atoms with Crippen LogP contribution in [0, 0.1) is 11.8 Å². The minimum atomic E-state index is -1.11. The predicted molar refractivity (Wildman–Crippen MR) is 87.3 cm³/mol. The van der Waals surface area contributed by atoms with Crippen molar-refractivity contribution in [3.05, 3.63) is 47.5 Å². The van der Waals surface area contributed by atoms with Crippen LogP contribution in [-0.4, -0.2) is 28.4 Å². The van der Waals surface area contributed by atoms with Gasteiger partial charge in [0.05, 0.1) is 10.5 Å². The lowest BCUT2D eigenvalue weighted by atomic mass is 9.68. The summed E-state index contributed by atoms with van der Waals surface area (Å²) in [6, 6.07) is 7.87. The first kappa shape index (κ1) is 15.6. The van der Waals surface area contributed by atoms with Crippen LogP contribution in [0.2, 0.25) is 0 Å². The van der Waals surface area contributed by atoms with Gasteiger partial charge in [0.1, 0.15) is 12.2 Å². The molecule has 2 bridgehead atoms. The fourth-order valence-electron chi connectivity index (χ4n) is 4.44. The highest BCUT2D eigenvalue weighted by atomic mass is 32.2. The molecule has 6 heteroatoms. The average Bonchev–Trinajstić information content (AvgIpc) is 2.98. The van der Waals surface area contributed by atoms with Crippen molar-refractivity contribution in [2.24, 2.45) is 11.8 Å². The zero-order chi connectivity index (χ0) is 17.0. The lowest BCUT2D eigenvalue weighted by Crippen LogP contribution is -2.43. The van der Waals surface area contributed by atoms with Gasteiger partial charge in [-0.25, -0.2) is 0 Å². The van der Waals surface area contributed by atoms with E-state index >= 15 is 0 Å². The Kier molecular flexibility index (Phi) is 3.60. The van der Waals surface area contributed by atoms with E-state index in [-0.39, 0.29) is 34.3 Å². The van der Waals surface area contributed by atoms with Gasteiger partial charge in [0.25, 0.3) is 0 Å². The van der Waals surface area contributed by atoms with Crippen molar-refractivity contribution in [3.63, 3.8) is 0 Å². The van der Waals surface area contributed by atoms with Crippen LogP contribution in [0.1, 0.15) is 35.5 Å². The monoisotopic (exact) mass is 346 g/mol. The maximum absolute atomic E-state index is 13.1. The van der Waals surface area contributed by atoms with Crippen molar-refractivity contribution in [2.75, 3.05) is 0 Å². The number of carbonyl (C=O) groups excluding carboxylic acids is 2. The maximum Gasteiger partial charge on any atom is 0.303 e. The smallest absolute Gasteiger partial charge is 0.303 e. The largest absolute Gasteiger partial charge is 0.458 e. The van der Waals surface area contributed by atoms with Crippen LogP contribution < -0.4 is 0 Å². The molecule has 1 aromatic rings. The number of hydrogen-bond donors (Lipinski definition) is 0. The Morgan fingerprint density at radius 1 is 0.875 bits per heavy atom. The molecule has 0 radical (unpaired) electrons. The summed E-state index contributed by atoms with van der Waals surface area (Å²) in [7, 11) is -1.11. The summed E-state index contributed by atoms with van der Waals surface area (Å²) in [5.41, 5.74) is 2.13. The van der Waals surface area contributed by atoms with Gasteiger partial charge in [0, 0.05) is 36.5 Å². The van der Waals surface area contributed by atoms with E-state index in [0.29, 0.717) is 0 Å². The standard InChI is InChI=1S/C18H18O5S/c1-9(19)22-13-7-8-14(23-10(2)20)16-15(13)17-11-5-3-4-6-12(11)18(16)24(17)21/h3-8,13-18H,1-2H3/t13-,14+,15-,16+,17+,18-,24?. The zero-order valence-corrected chi connectivity index (χ0v) is 14.2. The van der Waals surface area contributed by atoms with Gasteiger partial charge in [-0.1, -0.05) is 24.3 Å². The van der Waals surface area contributed by atoms with Gasteiger partial charge in [-0.3, -0.25) is 13.8 Å². The zero-order valence-electron chi connectivity index (χ0n) is 13.4. The Bertz CT molecular complexity index is 709. The van der Waals surface area contributed by atoms with E-state index in [2.05, 4.69) is 0 Å². The van der Waals surface area contributed by atoms with E-state index in [9.17, 15) is 13.8 Å². The number of hydrogen-bond acceptors (Lipinski definition) is 5. The first-order chi connectivity index (χ1) is 11.5. The van der Waals surface area contributed by atoms with Gasteiger partial charge in [-0.2, -0.15) is 0 Å². The molecule has 7 atom stereocenters. The van der Waals surface area contributed by atoms with Crippen molar-refractivity contribution in [3.8, 4) is 0 Å². The third-order valence-corrected chi connectivity index (χ3v) is 7.24. The molecule has 3 aliphatic rings. The lowest BCUT2D eigenvalue weighted by molar-refractivity contribution is -0.155. The minimum Gasteiger partial charge on any atom is -0.458 e. The average molecular weight is 346 g/mol. The quantitative estimate of drug-likeness (QED) is 0.607. The Labute approximate surface area is 142 Å². The molecule has 2 heterocycles. The molecule has 1 saturated heterocycles. The van der Waals surface area contributed by atoms with Crippen LogP contribution in [0.5, 0.6) is 0 Å². The topological polar surface area (TPSA) is 69.7 Å². The molecule has 1 unspecified atom stereocenters. The molecule has 5 nitrogen and oxygen atoms in total. The van der Waals surface area contributed by atoms with E-state index in [0.717, 1.165) is 11.1 Å². The van der Waals surface area contributed by atoms with Crippen molar-refractivity contribution in [1.29, 1.82) is 0 Å². The highest BCUT2D eigenvalue weighted by Gasteiger charge is 2.62. The molecule has 4 rings (SSSR count). The van der Waals surface area contributed by atoms with Gasteiger partial charge in [0.15, 0.2) is 0 Å². The van der Waals surface area contributed by atoms with Gasteiger partial charge >= 0.3 is 11.9 Å². The van der Waals surface area contributed by atoms with Crippen molar-refractivity contribution in [2.45, 2.75) is 36.6 Å². The summed E-state index contributed by atoms with van der Waals surface area (Å²) < 4.78 is 24.0. The predicted octanol–water partition coefficient (Wildman–Crippen LogP) is 2.21. The summed E-state index contributed by atoms with van der Waals surface area (Å²) in [5.74, 6) is -1.000. The fraction of sp³-hybridized carbons (Fsp3) is 0.444. The maximum atomic E-state index is 13.1. The second-order valence-electron chi connectivity index (χ2n) is 6.49. The number of benzene rings is 1. The molecule has 2 aliphatic heterocycles. The van der Waals surface area contributed by atoms with E-state index < -0.39 is 23.0 Å². The molecule has 0 spiro atoms. The third-order valence-electron chi connectivity index (χ3n) is 5.11. The third kappa shape index (κ3) is 2.16. The number of fused-ring (bicyclic) bond motifs is 8. The van der Waals surface area contributed by atoms with Gasteiger partial charge in [-0.05, 0) is 23.3 Å². The molecule has 1 aliphatic carbocycles. The SMILES string of the molecule is CC(=O)O[C@H]1C=C[C@@H](OC(C)=O)[C@@H]2[C@H]1[C@H]1c3ccccc3[C@@H]2S1=O. The molecule has 0 saturated carbocycles. The van der Waals surface area contributed by atoms with E-state index in [1.807, 2.05) is 24.3 Å². The number of carbonyl (C=O) groups is 2. The molecular formula is C18H18O5S. The first-order valence-corrected chi connectivity index (χ1v) is 9.27. The molecule has 1 fully saturated rings. The molecule has 0 aromatic heterocycles. The highest BCUT2D eigenvalue weighted by molar-refractivity contribution is 7.86. The molecule has 126 valence electrons. The van der Waals surface area contributed by atoms with Crippen LogP contribution in [0.4, 0.5) is 0 Å². The Morgan fingerprint density at radius 2 is 1.29 bits per heavy atom. The van der Waals surface area contributed by atoms with Gasteiger partial charge < -0.3 is 9.47 Å². The number of esters is 2. The second kappa shape index (κ2) is 5.55. The Hall–Kier alpha value is -1.95. The summed E-state index contributed by atoms with van der Waals surface area (Å²) >= 11 is 0. The highest BCUT2D eigenvalue weighted by Crippen LogP contribution is 2.63. The normalized spacial score (nSPS) is 38.3. The number of ether oxygens (including phenoxy) is 2. The lowest BCUT2D eigenvalue weighted by Gasteiger charge is -2.40. The molecule has 24 heavy (non-hydrogen) atoms. The van der Waals surface area contributed by atoms with E-state index in [1.165, 1.54) is 13.8 Å². The summed E-state index contributed by atoms with van der Waals surface area (Å²) in [6.45, 7) is 2.75. The summed E-state index contributed by atoms with van der Waals surface area (Å²) in [5, 5.41) is -0.382. The minimum absolute atomic E-state index is 0.135. The van der Waals surface area contributed by atoms with Gasteiger partial charge in [0.2, 0.25) is 0 Å². The fourth-order valence-corrected chi connectivity index (χ4v) is 6.98. The van der Waals surface area contributed by atoms with Crippen LogP contribution in [-0.2, 0) is 29.9 Å². The second-order valence-corrected chi connectivity index (χ2v) is 8.16. The van der Waals surface area contributed by atoms with Crippen molar-refractivity contribution >= 4 is 22.7 Å². The summed E-state index contributed by atoms with van der Waals surface area (Å²) in [4.78, 5) is 23.0. The number of rotatable bonds is 2. The van der Waals surface area contributed by atoms with Crippen molar-refractivity contribution in [1.82, 2.24) is 0 Å². The van der Waals surface area contributed by atoms with E-state index in [1.54, 1.807) is 12.2 Å².